The van der Waals surface area contributed by atoms with Gasteiger partial charge in [-0.2, -0.15) is 0 Å². The van der Waals surface area contributed by atoms with Gasteiger partial charge in [-0.15, -0.1) is 0 Å². The predicted octanol–water partition coefficient (Wildman–Crippen LogP) is 4.19. The Bertz CT molecular complexity index is 408. The van der Waals surface area contributed by atoms with Crippen LogP contribution in [-0.2, 0) is 0 Å². The van der Waals surface area contributed by atoms with E-state index in [-0.39, 0.29) is 0 Å². The quantitative estimate of drug-likeness (QED) is 0.722. The van der Waals surface area contributed by atoms with Crippen LogP contribution >= 0.6 is 0 Å². The van der Waals surface area contributed by atoms with Crippen LogP contribution in [0.2, 0.25) is 0 Å². The maximum Gasteiger partial charge on any atom is 0.119 e. The summed E-state index contributed by atoms with van der Waals surface area (Å²) in [5.74, 6) is 1.94. The molecule has 0 saturated carbocycles. The normalized spacial score (nSPS) is 17.4. The highest BCUT2D eigenvalue weighted by atomic mass is 16.5. The molecule has 1 aromatic carbocycles. The third-order valence-corrected chi connectivity index (χ3v) is 4.49. The number of hydrogen-bond acceptors (Lipinski definition) is 2. The van der Waals surface area contributed by atoms with E-state index in [9.17, 15) is 0 Å². The van der Waals surface area contributed by atoms with E-state index in [0.717, 1.165) is 24.7 Å². The van der Waals surface area contributed by atoms with Crippen molar-refractivity contribution in [3.63, 3.8) is 0 Å². The molecule has 0 bridgehead atoms. The Hall–Kier alpha value is -1.02. The van der Waals surface area contributed by atoms with E-state index in [1.165, 1.54) is 50.0 Å². The molecule has 20 heavy (non-hydrogen) atoms. The summed E-state index contributed by atoms with van der Waals surface area (Å²) in [6.45, 7) is 11.3. The molecule has 1 aliphatic rings. The second-order valence-corrected chi connectivity index (χ2v) is 6.33. The van der Waals surface area contributed by atoms with Crippen LogP contribution in [-0.4, -0.2) is 31.1 Å². The lowest BCUT2D eigenvalue weighted by molar-refractivity contribution is 0.185. The molecule has 0 aromatic heterocycles. The molecular formula is C18H29NO. The summed E-state index contributed by atoms with van der Waals surface area (Å²) >= 11 is 0. The van der Waals surface area contributed by atoms with Crippen molar-refractivity contribution in [1.82, 2.24) is 4.90 Å². The molecule has 0 unspecified atom stereocenters. The van der Waals surface area contributed by atoms with E-state index >= 15 is 0 Å². The van der Waals surface area contributed by atoms with E-state index in [0.29, 0.717) is 0 Å². The first-order valence-corrected chi connectivity index (χ1v) is 8.07. The molecule has 0 radical (unpaired) electrons. The molecule has 1 fully saturated rings. The van der Waals surface area contributed by atoms with Gasteiger partial charge in [-0.1, -0.05) is 13.0 Å². The van der Waals surface area contributed by atoms with Crippen molar-refractivity contribution in [2.75, 3.05) is 26.2 Å². The summed E-state index contributed by atoms with van der Waals surface area (Å²) in [6.07, 6.45) is 5.15. The molecule has 2 heteroatoms. The second-order valence-electron chi connectivity index (χ2n) is 6.33. The van der Waals surface area contributed by atoms with Crippen molar-refractivity contribution in [3.05, 3.63) is 29.3 Å². The van der Waals surface area contributed by atoms with Gasteiger partial charge in [0.05, 0.1) is 6.61 Å². The van der Waals surface area contributed by atoms with Crippen molar-refractivity contribution in [1.29, 1.82) is 0 Å². The fraction of sp³-hybridized carbons (Fsp3) is 0.667. The molecule has 0 atom stereocenters. The largest absolute Gasteiger partial charge is 0.494 e. The number of benzene rings is 1. The maximum atomic E-state index is 5.83. The molecule has 0 aliphatic carbocycles. The van der Waals surface area contributed by atoms with E-state index in [4.69, 9.17) is 4.74 Å². The lowest BCUT2D eigenvalue weighted by Gasteiger charge is -2.30. The first-order valence-electron chi connectivity index (χ1n) is 8.07. The predicted molar refractivity (Wildman–Crippen MR) is 85.5 cm³/mol. The van der Waals surface area contributed by atoms with Crippen molar-refractivity contribution in [2.24, 2.45) is 5.92 Å². The van der Waals surface area contributed by atoms with Crippen LogP contribution in [0.4, 0.5) is 0 Å². The summed E-state index contributed by atoms with van der Waals surface area (Å²) < 4.78 is 5.83. The highest BCUT2D eigenvalue weighted by Gasteiger charge is 2.14. The van der Waals surface area contributed by atoms with Gasteiger partial charge in [0.2, 0.25) is 0 Å². The van der Waals surface area contributed by atoms with Gasteiger partial charge >= 0.3 is 0 Å². The first-order chi connectivity index (χ1) is 9.65. The molecule has 1 saturated heterocycles. The van der Waals surface area contributed by atoms with Gasteiger partial charge in [0.25, 0.3) is 0 Å². The average molecular weight is 275 g/mol. The molecular weight excluding hydrogens is 246 g/mol. The summed E-state index contributed by atoms with van der Waals surface area (Å²) in [4.78, 5) is 2.61. The summed E-state index contributed by atoms with van der Waals surface area (Å²) in [5.41, 5.74) is 2.64. The minimum absolute atomic E-state index is 0.840. The smallest absolute Gasteiger partial charge is 0.119 e. The maximum absolute atomic E-state index is 5.83. The zero-order chi connectivity index (χ0) is 14.4. The van der Waals surface area contributed by atoms with Crippen LogP contribution in [0.5, 0.6) is 5.75 Å². The van der Waals surface area contributed by atoms with Crippen molar-refractivity contribution in [3.8, 4) is 5.75 Å². The fourth-order valence-corrected chi connectivity index (χ4v) is 2.72. The van der Waals surface area contributed by atoms with Crippen molar-refractivity contribution < 1.29 is 4.74 Å². The topological polar surface area (TPSA) is 12.5 Å². The zero-order valence-electron chi connectivity index (χ0n) is 13.3. The number of unbranched alkanes of at least 4 members (excludes halogenated alkanes) is 1. The van der Waals surface area contributed by atoms with Crippen LogP contribution in [0.3, 0.4) is 0 Å². The van der Waals surface area contributed by atoms with Crippen LogP contribution in [0.15, 0.2) is 18.2 Å². The average Bonchev–Trinajstić information content (AvgIpc) is 2.44. The third-order valence-electron chi connectivity index (χ3n) is 4.49. The Balaban J connectivity index is 1.58. The summed E-state index contributed by atoms with van der Waals surface area (Å²) in [7, 11) is 0. The van der Waals surface area contributed by atoms with E-state index in [1.54, 1.807) is 0 Å². The Morgan fingerprint density at radius 1 is 1.10 bits per heavy atom. The number of piperidine rings is 1. The minimum Gasteiger partial charge on any atom is -0.494 e. The van der Waals surface area contributed by atoms with Crippen LogP contribution in [0.25, 0.3) is 0 Å². The molecule has 2 rings (SSSR count). The molecule has 1 aromatic rings. The lowest BCUT2D eigenvalue weighted by Crippen LogP contribution is -2.33. The number of likely N-dealkylation sites (tertiary alicyclic amines) is 1. The van der Waals surface area contributed by atoms with Crippen LogP contribution in [0.1, 0.15) is 43.7 Å². The van der Waals surface area contributed by atoms with Crippen LogP contribution in [0, 0.1) is 19.8 Å². The van der Waals surface area contributed by atoms with Gasteiger partial charge in [0, 0.05) is 0 Å². The van der Waals surface area contributed by atoms with Gasteiger partial charge in [-0.05, 0) is 88.3 Å². The summed E-state index contributed by atoms with van der Waals surface area (Å²) in [5, 5.41) is 0. The Morgan fingerprint density at radius 2 is 1.85 bits per heavy atom. The lowest BCUT2D eigenvalue weighted by atomic mass is 9.99. The van der Waals surface area contributed by atoms with Crippen molar-refractivity contribution >= 4 is 0 Å². The Morgan fingerprint density at radius 3 is 2.55 bits per heavy atom. The third kappa shape index (κ3) is 4.82. The van der Waals surface area contributed by atoms with Gasteiger partial charge in [0.1, 0.15) is 5.75 Å². The molecule has 112 valence electrons. The first kappa shape index (κ1) is 15.4. The molecule has 0 spiro atoms. The number of ether oxygens (including phenoxy) is 1. The van der Waals surface area contributed by atoms with Gasteiger partial charge < -0.3 is 9.64 Å². The van der Waals surface area contributed by atoms with Gasteiger partial charge in [-0.25, -0.2) is 0 Å². The molecule has 1 heterocycles. The van der Waals surface area contributed by atoms with Gasteiger partial charge in [-0.3, -0.25) is 0 Å². The van der Waals surface area contributed by atoms with E-state index in [2.05, 4.69) is 43.9 Å². The Kier molecular flexibility index (Phi) is 5.90. The Labute approximate surface area is 124 Å². The van der Waals surface area contributed by atoms with Gasteiger partial charge in [0.15, 0.2) is 0 Å². The molecule has 0 N–H and O–H groups in total. The van der Waals surface area contributed by atoms with E-state index < -0.39 is 0 Å². The number of hydrogen-bond donors (Lipinski definition) is 0. The molecule has 1 aliphatic heterocycles. The standard InChI is InChI=1S/C18H29NO/c1-15-8-11-19(12-9-15)10-4-5-13-20-18-7-6-16(2)17(3)14-18/h6-7,14-15H,4-5,8-13H2,1-3H3. The fourth-order valence-electron chi connectivity index (χ4n) is 2.72. The minimum atomic E-state index is 0.840. The monoisotopic (exact) mass is 275 g/mol. The summed E-state index contributed by atoms with van der Waals surface area (Å²) in [6, 6.07) is 6.36. The highest BCUT2D eigenvalue weighted by Crippen LogP contribution is 2.18. The molecule has 2 nitrogen and oxygen atoms in total. The number of nitrogens with zero attached hydrogens (tertiary/aromatic N) is 1. The SMILES string of the molecule is Cc1ccc(OCCCCN2CCC(C)CC2)cc1C. The van der Waals surface area contributed by atoms with Crippen molar-refractivity contribution in [2.45, 2.75) is 46.5 Å². The number of aryl methyl sites for hydroxylation is 2. The second kappa shape index (κ2) is 7.68. The van der Waals surface area contributed by atoms with Crippen LogP contribution < -0.4 is 4.74 Å². The highest BCUT2D eigenvalue weighted by molar-refractivity contribution is 5.33. The number of rotatable bonds is 6. The van der Waals surface area contributed by atoms with E-state index in [1.807, 2.05) is 0 Å². The zero-order valence-corrected chi connectivity index (χ0v) is 13.3. The molecule has 0 amide bonds.